The molecule has 1 N–H and O–H groups in total. The van der Waals surface area contributed by atoms with Crippen LogP contribution in [0.2, 0.25) is 5.02 Å². The molecule has 2 rings (SSSR count). The van der Waals surface area contributed by atoms with Crippen molar-refractivity contribution >= 4 is 28.4 Å². The molecule has 1 unspecified atom stereocenters. The van der Waals surface area contributed by atoms with E-state index in [2.05, 4.69) is 0 Å². The maximum absolute atomic E-state index is 12.1. The van der Waals surface area contributed by atoms with Gasteiger partial charge in [-0.2, -0.15) is 0 Å². The van der Waals surface area contributed by atoms with E-state index in [0.29, 0.717) is 22.1 Å². The highest BCUT2D eigenvalue weighted by Gasteiger charge is 2.16. The summed E-state index contributed by atoms with van der Waals surface area (Å²) in [6, 6.07) is 8.81. The van der Waals surface area contributed by atoms with Crippen LogP contribution < -0.4 is 0 Å². The van der Waals surface area contributed by atoms with Crippen LogP contribution in [0.4, 0.5) is 0 Å². The van der Waals surface area contributed by atoms with Crippen molar-refractivity contribution < 1.29 is 18.5 Å². The third kappa shape index (κ3) is 3.49. The highest BCUT2D eigenvalue weighted by molar-refractivity contribution is 7.83. The van der Waals surface area contributed by atoms with E-state index < -0.39 is 16.8 Å². The zero-order chi connectivity index (χ0) is 14.7. The summed E-state index contributed by atoms with van der Waals surface area (Å²) in [6.45, 7) is 1.65. The van der Waals surface area contributed by atoms with Crippen LogP contribution >= 0.6 is 11.6 Å². The first kappa shape index (κ1) is 14.8. The topological polar surface area (TPSA) is 67.5 Å². The van der Waals surface area contributed by atoms with Crippen LogP contribution in [0.25, 0.3) is 0 Å². The molecule has 0 saturated carbocycles. The second-order valence-corrected chi connectivity index (χ2v) is 6.21. The molecule has 4 nitrogen and oxygen atoms in total. The van der Waals surface area contributed by atoms with Gasteiger partial charge in [-0.3, -0.25) is 4.21 Å². The fourth-order valence-electron chi connectivity index (χ4n) is 1.83. The Morgan fingerprint density at radius 2 is 2.05 bits per heavy atom. The monoisotopic (exact) mass is 312 g/mol. The number of aromatic carboxylic acids is 1. The molecule has 106 valence electrons. The number of halogens is 1. The number of rotatable bonds is 5. The van der Waals surface area contributed by atoms with E-state index in [1.165, 1.54) is 0 Å². The lowest BCUT2D eigenvalue weighted by molar-refractivity contribution is 0.0659. The highest BCUT2D eigenvalue weighted by Crippen LogP contribution is 2.20. The summed E-state index contributed by atoms with van der Waals surface area (Å²) < 4.78 is 17.3. The molecule has 0 aliphatic rings. The Bertz CT molecular complexity index is 663. The van der Waals surface area contributed by atoms with Gasteiger partial charge >= 0.3 is 5.97 Å². The molecule has 0 spiro atoms. The van der Waals surface area contributed by atoms with E-state index in [9.17, 15) is 9.00 Å². The molecule has 0 amide bonds. The number of aryl methyl sites for hydroxylation is 1. The van der Waals surface area contributed by atoms with Crippen molar-refractivity contribution in [3.63, 3.8) is 0 Å². The maximum Gasteiger partial charge on any atom is 0.372 e. The predicted octanol–water partition coefficient (Wildman–Crippen LogP) is 3.39. The van der Waals surface area contributed by atoms with E-state index >= 15 is 0 Å². The third-order valence-corrected chi connectivity index (χ3v) is 4.35. The minimum atomic E-state index is -1.21. The summed E-state index contributed by atoms with van der Waals surface area (Å²) in [5.74, 6) is -0.341. The number of furan rings is 1. The van der Waals surface area contributed by atoms with Crippen LogP contribution in [0.5, 0.6) is 0 Å². The third-order valence-electron chi connectivity index (χ3n) is 2.74. The quantitative estimate of drug-likeness (QED) is 0.919. The van der Waals surface area contributed by atoms with Crippen LogP contribution in [0.3, 0.4) is 0 Å². The van der Waals surface area contributed by atoms with E-state index in [-0.39, 0.29) is 11.5 Å². The van der Waals surface area contributed by atoms with E-state index in [1.54, 1.807) is 19.1 Å². The summed E-state index contributed by atoms with van der Waals surface area (Å²) in [5.41, 5.74) is 1.33. The molecular formula is C14H13ClO4S. The molecule has 6 heteroatoms. The minimum absolute atomic E-state index is 0.102. The molecule has 20 heavy (non-hydrogen) atoms. The molecule has 1 heterocycles. The van der Waals surface area contributed by atoms with Gasteiger partial charge in [0.05, 0.1) is 11.5 Å². The van der Waals surface area contributed by atoms with E-state index in [1.807, 2.05) is 18.2 Å². The molecule has 0 aliphatic heterocycles. The van der Waals surface area contributed by atoms with Crippen LogP contribution in [-0.2, 0) is 22.3 Å². The van der Waals surface area contributed by atoms with Gasteiger partial charge in [-0.1, -0.05) is 29.8 Å². The Morgan fingerprint density at radius 1 is 1.35 bits per heavy atom. The van der Waals surface area contributed by atoms with Crippen LogP contribution in [0, 0.1) is 6.92 Å². The number of benzene rings is 1. The highest BCUT2D eigenvalue weighted by atomic mass is 35.5. The molecule has 0 radical (unpaired) electrons. The molecule has 1 aromatic heterocycles. The van der Waals surface area contributed by atoms with Crippen molar-refractivity contribution in [3.05, 3.63) is 58.0 Å². The normalized spacial score (nSPS) is 12.3. The van der Waals surface area contributed by atoms with Gasteiger partial charge in [0.15, 0.2) is 0 Å². The first-order valence-corrected chi connectivity index (χ1v) is 7.75. The maximum atomic E-state index is 12.1. The standard InChI is InChI=1S/C14H13ClO4S/c1-9-6-11(19-13(9)14(16)17)8-20(18)7-10-4-2-3-5-12(10)15/h2-6H,7-8H2,1H3,(H,16,17). The Hall–Kier alpha value is -1.59. The Morgan fingerprint density at radius 3 is 2.65 bits per heavy atom. The number of carboxylic acid groups (broad SMARTS) is 1. The number of carbonyl (C=O) groups is 1. The zero-order valence-electron chi connectivity index (χ0n) is 10.8. The fraction of sp³-hybridized carbons (Fsp3) is 0.214. The van der Waals surface area contributed by atoms with Crippen molar-refractivity contribution in [1.29, 1.82) is 0 Å². The zero-order valence-corrected chi connectivity index (χ0v) is 12.3. The number of hydrogen-bond donors (Lipinski definition) is 1. The van der Waals surface area contributed by atoms with Gasteiger partial charge in [0, 0.05) is 21.4 Å². The largest absolute Gasteiger partial charge is 0.475 e. The number of carboxylic acids is 1. The minimum Gasteiger partial charge on any atom is -0.475 e. The van der Waals surface area contributed by atoms with Gasteiger partial charge in [0.25, 0.3) is 0 Å². The van der Waals surface area contributed by atoms with Crippen molar-refractivity contribution in [2.24, 2.45) is 0 Å². The summed E-state index contributed by atoms with van der Waals surface area (Å²) in [7, 11) is -1.21. The first-order chi connectivity index (χ1) is 9.47. The summed E-state index contributed by atoms with van der Waals surface area (Å²) in [4.78, 5) is 10.9. The Kier molecular flexibility index (Phi) is 4.62. The van der Waals surface area contributed by atoms with Crippen molar-refractivity contribution in [2.45, 2.75) is 18.4 Å². The van der Waals surface area contributed by atoms with Gasteiger partial charge in [-0.05, 0) is 24.6 Å². The molecule has 0 fully saturated rings. The molecule has 0 bridgehead atoms. The van der Waals surface area contributed by atoms with Crippen molar-refractivity contribution in [3.8, 4) is 0 Å². The van der Waals surface area contributed by atoms with Gasteiger partial charge in [0.1, 0.15) is 5.76 Å². The number of hydrogen-bond acceptors (Lipinski definition) is 3. The smallest absolute Gasteiger partial charge is 0.372 e. The Balaban J connectivity index is 2.07. The lowest BCUT2D eigenvalue weighted by atomic mass is 10.2. The summed E-state index contributed by atoms with van der Waals surface area (Å²) in [5, 5.41) is 9.47. The van der Waals surface area contributed by atoms with Gasteiger partial charge < -0.3 is 9.52 Å². The fourth-order valence-corrected chi connectivity index (χ4v) is 3.27. The van der Waals surface area contributed by atoms with E-state index in [4.69, 9.17) is 21.1 Å². The molecule has 1 aromatic carbocycles. The Labute approximate surface area is 123 Å². The molecule has 2 aromatic rings. The average molecular weight is 313 g/mol. The van der Waals surface area contributed by atoms with E-state index in [0.717, 1.165) is 5.56 Å². The summed E-state index contributed by atoms with van der Waals surface area (Å²) in [6.07, 6.45) is 0. The second-order valence-electron chi connectivity index (χ2n) is 4.35. The predicted molar refractivity (Wildman–Crippen MR) is 77.4 cm³/mol. The average Bonchev–Trinajstić information content (AvgIpc) is 2.73. The van der Waals surface area contributed by atoms with Gasteiger partial charge in [-0.15, -0.1) is 0 Å². The molecular weight excluding hydrogens is 300 g/mol. The van der Waals surface area contributed by atoms with Gasteiger partial charge in [0.2, 0.25) is 5.76 Å². The lowest BCUT2D eigenvalue weighted by Gasteiger charge is -2.03. The van der Waals surface area contributed by atoms with Crippen LogP contribution in [0.15, 0.2) is 34.7 Å². The van der Waals surface area contributed by atoms with Gasteiger partial charge in [-0.25, -0.2) is 4.79 Å². The molecule has 1 atom stereocenters. The first-order valence-electron chi connectivity index (χ1n) is 5.88. The summed E-state index contributed by atoms with van der Waals surface area (Å²) >= 11 is 6.01. The molecule has 0 aliphatic carbocycles. The molecule has 0 saturated heterocycles. The SMILES string of the molecule is Cc1cc(CS(=O)Cc2ccccc2Cl)oc1C(=O)O. The van der Waals surface area contributed by atoms with Crippen molar-refractivity contribution in [1.82, 2.24) is 0 Å². The van der Waals surface area contributed by atoms with Crippen LogP contribution in [-0.4, -0.2) is 15.3 Å². The van der Waals surface area contributed by atoms with Crippen LogP contribution in [0.1, 0.15) is 27.4 Å². The van der Waals surface area contributed by atoms with Crippen molar-refractivity contribution in [2.75, 3.05) is 0 Å². The second kappa shape index (κ2) is 6.24. The lowest BCUT2D eigenvalue weighted by Crippen LogP contribution is -1.99.